The van der Waals surface area contributed by atoms with Gasteiger partial charge in [-0.25, -0.2) is 9.18 Å². The summed E-state index contributed by atoms with van der Waals surface area (Å²) in [5, 5.41) is 3.11. The van der Waals surface area contributed by atoms with Crippen LogP contribution < -0.4 is 5.32 Å². The first kappa shape index (κ1) is 16.4. The monoisotopic (exact) mass is 309 g/mol. The average Bonchev–Trinajstić information content (AvgIpc) is 2.45. The van der Waals surface area contributed by atoms with Crippen molar-refractivity contribution in [3.63, 3.8) is 0 Å². The zero-order valence-electron chi connectivity index (χ0n) is 12.9. The molecule has 1 aromatic heterocycles. The average molecular weight is 309 g/mol. The molecule has 0 radical (unpaired) electrons. The van der Waals surface area contributed by atoms with Gasteiger partial charge in [-0.15, -0.1) is 0 Å². The van der Waals surface area contributed by atoms with Crippen molar-refractivity contribution in [3.05, 3.63) is 29.3 Å². The van der Waals surface area contributed by atoms with Crippen LogP contribution in [0.1, 0.15) is 42.9 Å². The minimum absolute atomic E-state index is 0.128. The van der Waals surface area contributed by atoms with Gasteiger partial charge in [0.1, 0.15) is 17.1 Å². The lowest BCUT2D eigenvalue weighted by Gasteiger charge is -2.36. The van der Waals surface area contributed by atoms with Crippen LogP contribution in [0.2, 0.25) is 0 Å². The highest BCUT2D eigenvalue weighted by molar-refractivity contribution is 5.74. The maximum absolute atomic E-state index is 14.2. The van der Waals surface area contributed by atoms with Gasteiger partial charge in [0.05, 0.1) is 6.04 Å². The molecule has 2 rings (SSSR count). The summed E-state index contributed by atoms with van der Waals surface area (Å²) in [4.78, 5) is 28.4. The highest BCUT2D eigenvalue weighted by Crippen LogP contribution is 2.25. The van der Waals surface area contributed by atoms with Crippen molar-refractivity contribution in [2.24, 2.45) is 0 Å². The number of aldehydes is 1. The van der Waals surface area contributed by atoms with Crippen molar-refractivity contribution < 1.29 is 18.7 Å². The van der Waals surface area contributed by atoms with E-state index in [1.165, 1.54) is 11.1 Å². The molecule has 0 spiro atoms. The lowest BCUT2D eigenvalue weighted by molar-refractivity contribution is 0.0109. The SMILES string of the molecule is CC(C)(C)OC(=O)N1CCNCC1c1ncc(C=O)cc1F. The molecule has 2 heterocycles. The van der Waals surface area contributed by atoms with E-state index in [0.717, 1.165) is 6.07 Å². The number of piperazine rings is 1. The van der Waals surface area contributed by atoms with Crippen LogP contribution in [0.5, 0.6) is 0 Å². The van der Waals surface area contributed by atoms with Crippen LogP contribution in [0.25, 0.3) is 0 Å². The molecule has 1 unspecified atom stereocenters. The molecule has 0 aromatic carbocycles. The molecule has 22 heavy (non-hydrogen) atoms. The van der Waals surface area contributed by atoms with Gasteiger partial charge in [0.15, 0.2) is 6.29 Å². The number of carbonyl (C=O) groups excluding carboxylic acids is 2. The molecule has 7 heteroatoms. The number of amides is 1. The molecule has 1 aromatic rings. The summed E-state index contributed by atoms with van der Waals surface area (Å²) >= 11 is 0. The van der Waals surface area contributed by atoms with Crippen molar-refractivity contribution in [2.45, 2.75) is 32.4 Å². The van der Waals surface area contributed by atoms with E-state index < -0.39 is 23.6 Å². The van der Waals surface area contributed by atoms with Gasteiger partial charge in [-0.2, -0.15) is 0 Å². The van der Waals surface area contributed by atoms with Crippen LogP contribution in [-0.4, -0.2) is 47.5 Å². The lowest BCUT2D eigenvalue weighted by Crippen LogP contribution is -2.50. The lowest BCUT2D eigenvalue weighted by atomic mass is 10.1. The van der Waals surface area contributed by atoms with E-state index in [9.17, 15) is 14.0 Å². The Morgan fingerprint density at radius 3 is 2.86 bits per heavy atom. The van der Waals surface area contributed by atoms with Gasteiger partial charge < -0.3 is 10.1 Å². The molecule has 6 nitrogen and oxygen atoms in total. The van der Waals surface area contributed by atoms with Gasteiger partial charge in [-0.1, -0.05) is 0 Å². The Morgan fingerprint density at radius 2 is 2.27 bits per heavy atom. The van der Waals surface area contributed by atoms with Crippen LogP contribution in [0.3, 0.4) is 0 Å². The van der Waals surface area contributed by atoms with E-state index in [1.807, 2.05) is 0 Å². The summed E-state index contributed by atoms with van der Waals surface area (Å²) in [5.41, 5.74) is -0.336. The molecule has 1 amide bonds. The number of nitrogens with one attached hydrogen (secondary N) is 1. The minimum Gasteiger partial charge on any atom is -0.444 e. The number of nitrogens with zero attached hydrogens (tertiary/aromatic N) is 2. The van der Waals surface area contributed by atoms with Crippen LogP contribution in [0.15, 0.2) is 12.3 Å². The second-order valence-corrected chi connectivity index (χ2v) is 6.15. The zero-order valence-corrected chi connectivity index (χ0v) is 12.9. The Kier molecular flexibility index (Phi) is 4.75. The molecule has 0 aliphatic carbocycles. The van der Waals surface area contributed by atoms with Crippen LogP contribution in [0.4, 0.5) is 9.18 Å². The molecular formula is C15H20FN3O3. The highest BCUT2D eigenvalue weighted by atomic mass is 19.1. The third-order valence-electron chi connectivity index (χ3n) is 3.21. The first-order valence-corrected chi connectivity index (χ1v) is 7.13. The smallest absolute Gasteiger partial charge is 0.410 e. The summed E-state index contributed by atoms with van der Waals surface area (Å²) in [7, 11) is 0. The van der Waals surface area contributed by atoms with Crippen LogP contribution >= 0.6 is 0 Å². The van der Waals surface area contributed by atoms with Gasteiger partial charge in [0.2, 0.25) is 0 Å². The number of aromatic nitrogens is 1. The van der Waals surface area contributed by atoms with Crippen molar-refractivity contribution in [2.75, 3.05) is 19.6 Å². The zero-order chi connectivity index (χ0) is 16.3. The molecule has 1 atom stereocenters. The fourth-order valence-corrected chi connectivity index (χ4v) is 2.26. The summed E-state index contributed by atoms with van der Waals surface area (Å²) in [6.07, 6.45) is 1.33. The van der Waals surface area contributed by atoms with Gasteiger partial charge in [0.25, 0.3) is 0 Å². The second-order valence-electron chi connectivity index (χ2n) is 6.15. The topological polar surface area (TPSA) is 71.5 Å². The van der Waals surface area contributed by atoms with Gasteiger partial charge in [0, 0.05) is 31.4 Å². The molecular weight excluding hydrogens is 289 g/mol. The molecule has 1 N–H and O–H groups in total. The van der Waals surface area contributed by atoms with Crippen molar-refractivity contribution in [1.29, 1.82) is 0 Å². The fraction of sp³-hybridized carbons (Fsp3) is 0.533. The first-order valence-electron chi connectivity index (χ1n) is 7.13. The van der Waals surface area contributed by atoms with Crippen LogP contribution in [0, 0.1) is 5.82 Å². The Balaban J connectivity index is 2.26. The summed E-state index contributed by atoms with van der Waals surface area (Å²) in [6, 6.07) is 0.557. The van der Waals surface area contributed by atoms with E-state index >= 15 is 0 Å². The van der Waals surface area contributed by atoms with Crippen molar-refractivity contribution in [3.8, 4) is 0 Å². The number of ether oxygens (including phenoxy) is 1. The predicted molar refractivity (Wildman–Crippen MR) is 78.1 cm³/mol. The van der Waals surface area contributed by atoms with Gasteiger partial charge >= 0.3 is 6.09 Å². The first-order chi connectivity index (χ1) is 10.3. The number of pyridine rings is 1. The van der Waals surface area contributed by atoms with E-state index in [4.69, 9.17) is 4.74 Å². The standard InChI is InChI=1S/C15H20FN3O3/c1-15(2,3)22-14(21)19-5-4-17-8-12(19)13-11(16)6-10(9-20)7-18-13/h6-7,9,12,17H,4-5,8H2,1-3H3. The minimum atomic E-state index is -0.625. The molecule has 120 valence electrons. The number of halogens is 1. The third-order valence-corrected chi connectivity index (χ3v) is 3.21. The second kappa shape index (κ2) is 6.39. The summed E-state index contributed by atoms with van der Waals surface area (Å²) in [5.74, 6) is -0.605. The Hall–Kier alpha value is -2.02. The number of hydrogen-bond donors (Lipinski definition) is 1. The van der Waals surface area contributed by atoms with Gasteiger partial charge in [-0.05, 0) is 26.8 Å². The molecule has 1 aliphatic rings. The quantitative estimate of drug-likeness (QED) is 0.845. The number of carbonyl (C=O) groups is 2. The number of hydrogen-bond acceptors (Lipinski definition) is 5. The maximum atomic E-state index is 14.2. The number of rotatable bonds is 2. The van der Waals surface area contributed by atoms with E-state index in [1.54, 1.807) is 20.8 Å². The molecule has 0 saturated carbocycles. The predicted octanol–water partition coefficient (Wildman–Crippen LogP) is 1.91. The molecule has 1 saturated heterocycles. The van der Waals surface area contributed by atoms with E-state index in [-0.39, 0.29) is 11.3 Å². The summed E-state index contributed by atoms with van der Waals surface area (Å²) in [6.45, 7) is 6.71. The van der Waals surface area contributed by atoms with Crippen molar-refractivity contribution >= 4 is 12.4 Å². The third kappa shape index (κ3) is 3.79. The normalized spacial score (nSPS) is 18.9. The summed E-state index contributed by atoms with van der Waals surface area (Å²) < 4.78 is 19.5. The largest absolute Gasteiger partial charge is 0.444 e. The highest BCUT2D eigenvalue weighted by Gasteiger charge is 2.33. The Morgan fingerprint density at radius 1 is 1.55 bits per heavy atom. The molecule has 1 fully saturated rings. The van der Waals surface area contributed by atoms with Crippen molar-refractivity contribution in [1.82, 2.24) is 15.2 Å². The Bertz CT molecular complexity index is 572. The van der Waals surface area contributed by atoms with Crippen LogP contribution in [-0.2, 0) is 4.74 Å². The van der Waals surface area contributed by atoms with Gasteiger partial charge in [-0.3, -0.25) is 14.7 Å². The molecule has 0 bridgehead atoms. The maximum Gasteiger partial charge on any atom is 0.410 e. The fourth-order valence-electron chi connectivity index (χ4n) is 2.26. The Labute approximate surface area is 128 Å². The van der Waals surface area contributed by atoms with E-state index in [2.05, 4.69) is 10.3 Å². The van der Waals surface area contributed by atoms with E-state index in [0.29, 0.717) is 25.9 Å². The molecule has 1 aliphatic heterocycles.